The molecule has 2 aliphatic heterocycles. The van der Waals surface area contributed by atoms with Gasteiger partial charge in [0.05, 0.1) is 16.1 Å². The lowest BCUT2D eigenvalue weighted by molar-refractivity contribution is -0.138. The van der Waals surface area contributed by atoms with Gasteiger partial charge in [-0.1, -0.05) is 53.8 Å². The van der Waals surface area contributed by atoms with Crippen LogP contribution >= 0.6 is 11.3 Å². The van der Waals surface area contributed by atoms with E-state index >= 15 is 0 Å². The van der Waals surface area contributed by atoms with Crippen molar-refractivity contribution in [3.05, 3.63) is 66.0 Å². The summed E-state index contributed by atoms with van der Waals surface area (Å²) in [5.74, 6) is 0.0465. The lowest BCUT2D eigenvalue weighted by atomic mass is 9.99. The number of halogens is 1. The molecule has 0 spiro atoms. The highest BCUT2D eigenvalue weighted by Crippen LogP contribution is 2.33. The Bertz CT molecular complexity index is 1090. The van der Waals surface area contributed by atoms with Crippen molar-refractivity contribution in [3.63, 3.8) is 0 Å². The van der Waals surface area contributed by atoms with Crippen LogP contribution in [0.5, 0.6) is 0 Å². The molecule has 0 aliphatic carbocycles. The highest BCUT2D eigenvalue weighted by molar-refractivity contribution is 7.22. The first-order chi connectivity index (χ1) is 15.2. The molecule has 0 radical (unpaired) electrons. The van der Waals surface area contributed by atoms with E-state index in [1.54, 1.807) is 6.07 Å². The zero-order chi connectivity index (χ0) is 21.2. The third-order valence-electron chi connectivity index (χ3n) is 6.00. The fraction of sp³-hybridized carbons (Fsp3) is 0.333. The first kappa shape index (κ1) is 20.2. The zero-order valence-corrected chi connectivity index (χ0v) is 18.1. The predicted octanol–water partition coefficient (Wildman–Crippen LogP) is 3.73. The van der Waals surface area contributed by atoms with Crippen molar-refractivity contribution in [1.29, 1.82) is 0 Å². The van der Waals surface area contributed by atoms with Gasteiger partial charge >= 0.3 is 0 Å². The Morgan fingerprint density at radius 3 is 2.65 bits per heavy atom. The molecule has 5 rings (SSSR count). The number of thiazole rings is 1. The Morgan fingerprint density at radius 1 is 1.10 bits per heavy atom. The topological polar surface area (TPSA) is 39.7 Å². The van der Waals surface area contributed by atoms with Crippen LogP contribution in [0.4, 0.5) is 9.52 Å². The average molecular weight is 437 g/mol. The Hall–Kier alpha value is -2.77. The van der Waals surface area contributed by atoms with Crippen molar-refractivity contribution in [2.24, 2.45) is 5.92 Å². The van der Waals surface area contributed by atoms with Crippen molar-refractivity contribution in [1.82, 2.24) is 14.8 Å². The number of piperazine rings is 1. The molecule has 0 bridgehead atoms. The molecule has 1 amide bonds. The van der Waals surface area contributed by atoms with Crippen LogP contribution in [0.1, 0.15) is 5.56 Å². The van der Waals surface area contributed by atoms with Gasteiger partial charge in [0.2, 0.25) is 5.91 Å². The minimum absolute atomic E-state index is 0.0354. The number of hydrogen-bond donors (Lipinski definition) is 0. The van der Waals surface area contributed by atoms with Crippen LogP contribution in [0.15, 0.2) is 54.6 Å². The Labute approximate surface area is 185 Å². The van der Waals surface area contributed by atoms with Gasteiger partial charge < -0.3 is 9.80 Å². The van der Waals surface area contributed by atoms with Crippen molar-refractivity contribution in [2.75, 3.05) is 50.7 Å². The molecule has 0 saturated carbocycles. The van der Waals surface area contributed by atoms with Gasteiger partial charge in [-0.25, -0.2) is 9.37 Å². The molecular weight excluding hydrogens is 411 g/mol. The number of hydrogen-bond acceptors (Lipinski definition) is 5. The number of carbonyl (C=O) groups excluding carboxylic acids is 1. The van der Waals surface area contributed by atoms with E-state index in [-0.39, 0.29) is 17.6 Å². The predicted molar refractivity (Wildman–Crippen MR) is 124 cm³/mol. The fourth-order valence-electron chi connectivity index (χ4n) is 4.12. The molecule has 2 aliphatic rings. The van der Waals surface area contributed by atoms with Gasteiger partial charge in [0.1, 0.15) is 5.82 Å². The SMILES string of the molecule is O=C(C1CN(c2nc3ccc(F)cc3s2)C1)N1CCN(C/C=C/c2ccccc2)CC1. The Kier molecular flexibility index (Phi) is 5.70. The number of amides is 1. The number of benzene rings is 2. The zero-order valence-electron chi connectivity index (χ0n) is 17.3. The second kappa shape index (κ2) is 8.77. The van der Waals surface area contributed by atoms with Gasteiger partial charge in [0.15, 0.2) is 5.13 Å². The summed E-state index contributed by atoms with van der Waals surface area (Å²) in [7, 11) is 0. The van der Waals surface area contributed by atoms with Crippen LogP contribution in [0.25, 0.3) is 16.3 Å². The fourth-order valence-corrected chi connectivity index (χ4v) is 5.13. The van der Waals surface area contributed by atoms with Gasteiger partial charge in [0.25, 0.3) is 0 Å². The van der Waals surface area contributed by atoms with Crippen molar-refractivity contribution in [2.45, 2.75) is 0 Å². The lowest BCUT2D eigenvalue weighted by Gasteiger charge is -2.42. The molecule has 3 heterocycles. The minimum Gasteiger partial charge on any atom is -0.346 e. The summed E-state index contributed by atoms with van der Waals surface area (Å²) < 4.78 is 14.2. The van der Waals surface area contributed by atoms with Crippen molar-refractivity contribution in [3.8, 4) is 0 Å². The molecule has 0 unspecified atom stereocenters. The van der Waals surface area contributed by atoms with Crippen molar-refractivity contribution < 1.29 is 9.18 Å². The van der Waals surface area contributed by atoms with Gasteiger partial charge in [0, 0.05) is 45.8 Å². The molecular formula is C24H25FN4OS. The Morgan fingerprint density at radius 2 is 1.87 bits per heavy atom. The van der Waals surface area contributed by atoms with E-state index in [1.807, 2.05) is 23.1 Å². The maximum Gasteiger partial charge on any atom is 0.229 e. The monoisotopic (exact) mass is 436 g/mol. The van der Waals surface area contributed by atoms with Crippen LogP contribution in [0, 0.1) is 11.7 Å². The molecule has 3 aromatic rings. The van der Waals surface area contributed by atoms with Crippen molar-refractivity contribution >= 4 is 38.7 Å². The third-order valence-corrected chi connectivity index (χ3v) is 7.08. The number of anilines is 1. The number of rotatable bonds is 5. The van der Waals surface area contributed by atoms with Crippen LogP contribution in [0.3, 0.4) is 0 Å². The first-order valence-electron chi connectivity index (χ1n) is 10.7. The lowest BCUT2D eigenvalue weighted by Crippen LogP contribution is -2.58. The summed E-state index contributed by atoms with van der Waals surface area (Å²) in [5.41, 5.74) is 2.03. The maximum atomic E-state index is 13.4. The minimum atomic E-state index is -0.242. The Balaban J connectivity index is 1.08. The summed E-state index contributed by atoms with van der Waals surface area (Å²) in [6.07, 6.45) is 4.34. The molecule has 5 nitrogen and oxygen atoms in total. The molecule has 1 aromatic heterocycles. The first-order valence-corrected chi connectivity index (χ1v) is 11.5. The van der Waals surface area contributed by atoms with E-state index in [9.17, 15) is 9.18 Å². The molecule has 2 fully saturated rings. The van der Waals surface area contributed by atoms with Crippen LogP contribution in [-0.2, 0) is 4.79 Å². The van der Waals surface area contributed by atoms with Crippen LogP contribution < -0.4 is 4.90 Å². The van der Waals surface area contributed by atoms with Crippen LogP contribution in [0.2, 0.25) is 0 Å². The standard InChI is InChI=1S/C24H25FN4OS/c25-20-8-9-21-22(15-20)31-24(26-21)29-16-19(17-29)23(30)28-13-11-27(12-14-28)10-4-7-18-5-2-1-3-6-18/h1-9,15,19H,10-14,16-17H2/b7-4+. The maximum absolute atomic E-state index is 13.4. The molecule has 31 heavy (non-hydrogen) atoms. The highest BCUT2D eigenvalue weighted by Gasteiger charge is 2.37. The summed E-state index contributed by atoms with van der Waals surface area (Å²) in [6.45, 7) is 5.69. The average Bonchev–Trinajstić information content (AvgIpc) is 3.16. The summed E-state index contributed by atoms with van der Waals surface area (Å²) in [5, 5.41) is 0.875. The number of fused-ring (bicyclic) bond motifs is 1. The normalized spacial score (nSPS) is 18.1. The third kappa shape index (κ3) is 4.48. The largest absolute Gasteiger partial charge is 0.346 e. The molecule has 2 saturated heterocycles. The number of nitrogens with zero attached hydrogens (tertiary/aromatic N) is 4. The summed E-state index contributed by atoms with van der Waals surface area (Å²) in [4.78, 5) is 24.0. The number of carbonyl (C=O) groups is 1. The number of aromatic nitrogens is 1. The molecule has 0 N–H and O–H groups in total. The molecule has 0 atom stereocenters. The van der Waals surface area contributed by atoms with E-state index in [4.69, 9.17) is 0 Å². The van der Waals surface area contributed by atoms with E-state index in [2.05, 4.69) is 39.1 Å². The quantitative estimate of drug-likeness (QED) is 0.611. The second-order valence-electron chi connectivity index (χ2n) is 8.15. The molecule has 7 heteroatoms. The highest BCUT2D eigenvalue weighted by atomic mass is 32.1. The van der Waals surface area contributed by atoms with E-state index in [0.29, 0.717) is 13.1 Å². The van der Waals surface area contributed by atoms with Gasteiger partial charge in [-0.2, -0.15) is 0 Å². The summed E-state index contributed by atoms with van der Waals surface area (Å²) in [6, 6.07) is 15.0. The van der Waals surface area contributed by atoms with Gasteiger partial charge in [-0.05, 0) is 23.8 Å². The summed E-state index contributed by atoms with van der Waals surface area (Å²) >= 11 is 1.49. The van der Waals surface area contributed by atoms with Crippen LogP contribution in [-0.4, -0.2) is 66.5 Å². The molecule has 160 valence electrons. The second-order valence-corrected chi connectivity index (χ2v) is 9.16. The van der Waals surface area contributed by atoms with Gasteiger partial charge in [-0.15, -0.1) is 0 Å². The molecule has 2 aromatic carbocycles. The van der Waals surface area contributed by atoms with E-state index in [1.165, 1.54) is 29.0 Å². The van der Waals surface area contributed by atoms with E-state index in [0.717, 1.165) is 48.1 Å². The van der Waals surface area contributed by atoms with E-state index < -0.39 is 0 Å². The smallest absolute Gasteiger partial charge is 0.229 e. The van der Waals surface area contributed by atoms with Gasteiger partial charge in [-0.3, -0.25) is 9.69 Å².